The van der Waals surface area contributed by atoms with E-state index in [2.05, 4.69) is 11.8 Å². The topological polar surface area (TPSA) is 29.3 Å². The van der Waals surface area contributed by atoms with Gasteiger partial charge in [0.15, 0.2) is 0 Å². The third-order valence-corrected chi connectivity index (χ3v) is 3.22. The molecule has 1 saturated heterocycles. The van der Waals surface area contributed by atoms with Crippen molar-refractivity contribution in [2.24, 2.45) is 5.73 Å². The number of likely N-dealkylation sites (tertiary alicyclic amines) is 1. The van der Waals surface area contributed by atoms with Gasteiger partial charge in [-0.05, 0) is 39.2 Å². The third kappa shape index (κ3) is 1.64. The average molecular weight is 168 g/mol. The number of nitrogens with zero attached hydrogens (tertiary/aromatic N) is 1. The van der Waals surface area contributed by atoms with Gasteiger partial charge >= 0.3 is 0 Å². The molecule has 0 spiro atoms. The van der Waals surface area contributed by atoms with E-state index in [1.807, 2.05) is 0 Å². The quantitative estimate of drug-likeness (QED) is 0.674. The van der Waals surface area contributed by atoms with E-state index in [1.54, 1.807) is 0 Å². The summed E-state index contributed by atoms with van der Waals surface area (Å²) in [7, 11) is 0. The molecule has 70 valence electrons. The maximum atomic E-state index is 5.98. The molecule has 0 radical (unpaired) electrons. The molecule has 2 heteroatoms. The van der Waals surface area contributed by atoms with Crippen molar-refractivity contribution in [1.29, 1.82) is 0 Å². The van der Waals surface area contributed by atoms with E-state index >= 15 is 0 Å². The maximum Gasteiger partial charge on any atom is 0.0247 e. The second-order valence-corrected chi connectivity index (χ2v) is 4.39. The van der Waals surface area contributed by atoms with E-state index in [-0.39, 0.29) is 0 Å². The number of piperidine rings is 1. The fourth-order valence-electron chi connectivity index (χ4n) is 2.40. The molecule has 2 N–H and O–H groups in total. The van der Waals surface area contributed by atoms with Gasteiger partial charge in [0.1, 0.15) is 0 Å². The van der Waals surface area contributed by atoms with Crippen molar-refractivity contribution in [3.8, 4) is 0 Å². The Hall–Kier alpha value is -0.0800. The van der Waals surface area contributed by atoms with E-state index in [4.69, 9.17) is 5.73 Å². The van der Waals surface area contributed by atoms with Crippen LogP contribution in [0.4, 0.5) is 0 Å². The number of hydrogen-bond acceptors (Lipinski definition) is 2. The molecule has 1 aliphatic heterocycles. The molecule has 0 aromatic heterocycles. The third-order valence-electron chi connectivity index (χ3n) is 3.22. The first-order chi connectivity index (χ1) is 5.79. The van der Waals surface area contributed by atoms with Gasteiger partial charge in [-0.15, -0.1) is 0 Å². The molecule has 1 heterocycles. The molecular formula is C10H20N2. The summed E-state index contributed by atoms with van der Waals surface area (Å²) >= 11 is 0. The summed E-state index contributed by atoms with van der Waals surface area (Å²) in [4.78, 5) is 2.66. The Labute approximate surface area is 75.1 Å². The van der Waals surface area contributed by atoms with Crippen LogP contribution in [0.1, 0.15) is 39.0 Å². The van der Waals surface area contributed by atoms with Gasteiger partial charge in [0.2, 0.25) is 0 Å². The predicted octanol–water partition coefficient (Wildman–Crippen LogP) is 1.35. The molecular weight excluding hydrogens is 148 g/mol. The summed E-state index contributed by atoms with van der Waals surface area (Å²) < 4.78 is 0. The van der Waals surface area contributed by atoms with Crippen molar-refractivity contribution in [2.45, 2.75) is 57.2 Å². The molecule has 2 aliphatic rings. The van der Waals surface area contributed by atoms with Crippen LogP contribution in [0.5, 0.6) is 0 Å². The first-order valence-corrected chi connectivity index (χ1v) is 5.30. The van der Waals surface area contributed by atoms with Gasteiger partial charge < -0.3 is 5.73 Å². The first kappa shape index (κ1) is 8.52. The Morgan fingerprint density at radius 3 is 2.58 bits per heavy atom. The summed E-state index contributed by atoms with van der Waals surface area (Å²) in [6.45, 7) is 3.46. The van der Waals surface area contributed by atoms with Gasteiger partial charge in [-0.3, -0.25) is 4.90 Å². The summed E-state index contributed by atoms with van der Waals surface area (Å²) in [5.41, 5.74) is 5.98. The fraction of sp³-hybridized carbons (Fsp3) is 1.00. The molecule has 12 heavy (non-hydrogen) atoms. The van der Waals surface area contributed by atoms with Crippen molar-refractivity contribution < 1.29 is 0 Å². The van der Waals surface area contributed by atoms with E-state index in [0.717, 1.165) is 6.04 Å². The Morgan fingerprint density at radius 1 is 1.25 bits per heavy atom. The van der Waals surface area contributed by atoms with Crippen molar-refractivity contribution in [2.75, 3.05) is 6.54 Å². The van der Waals surface area contributed by atoms with E-state index in [0.29, 0.717) is 12.1 Å². The molecule has 0 aromatic rings. The van der Waals surface area contributed by atoms with Gasteiger partial charge in [0.05, 0.1) is 0 Å². The van der Waals surface area contributed by atoms with Crippen LogP contribution in [0.25, 0.3) is 0 Å². The highest BCUT2D eigenvalue weighted by Gasteiger charge is 2.36. The van der Waals surface area contributed by atoms with Gasteiger partial charge in [-0.1, -0.05) is 6.42 Å². The molecule has 2 atom stereocenters. The highest BCUT2D eigenvalue weighted by Crippen LogP contribution is 2.33. The summed E-state index contributed by atoms with van der Waals surface area (Å²) in [5, 5.41) is 0. The van der Waals surface area contributed by atoms with Crippen molar-refractivity contribution in [1.82, 2.24) is 4.90 Å². The standard InChI is InChI=1S/C10H20N2/c1-8(11)10-4-2-3-7-12(10)9-5-6-9/h8-10H,2-7,11H2,1H3. The van der Waals surface area contributed by atoms with Crippen molar-refractivity contribution >= 4 is 0 Å². The van der Waals surface area contributed by atoms with Gasteiger partial charge in [-0.25, -0.2) is 0 Å². The largest absolute Gasteiger partial charge is 0.327 e. The Balaban J connectivity index is 1.96. The van der Waals surface area contributed by atoms with Crippen LogP contribution in [0, 0.1) is 0 Å². The molecule has 2 nitrogen and oxygen atoms in total. The highest BCUT2D eigenvalue weighted by molar-refractivity contribution is 4.93. The molecule has 1 aliphatic carbocycles. The van der Waals surface area contributed by atoms with Gasteiger partial charge in [-0.2, -0.15) is 0 Å². The maximum absolute atomic E-state index is 5.98. The molecule has 2 fully saturated rings. The first-order valence-electron chi connectivity index (χ1n) is 5.30. The zero-order valence-corrected chi connectivity index (χ0v) is 8.00. The fourth-order valence-corrected chi connectivity index (χ4v) is 2.40. The van der Waals surface area contributed by atoms with Gasteiger partial charge in [0, 0.05) is 18.1 Å². The summed E-state index contributed by atoms with van der Waals surface area (Å²) in [6.07, 6.45) is 6.94. The summed E-state index contributed by atoms with van der Waals surface area (Å²) in [5.74, 6) is 0. The number of nitrogens with two attached hydrogens (primary N) is 1. The van der Waals surface area contributed by atoms with Crippen molar-refractivity contribution in [3.63, 3.8) is 0 Å². The second kappa shape index (κ2) is 3.35. The van der Waals surface area contributed by atoms with Crippen molar-refractivity contribution in [3.05, 3.63) is 0 Å². The minimum Gasteiger partial charge on any atom is -0.327 e. The molecule has 2 unspecified atom stereocenters. The molecule has 0 bridgehead atoms. The number of rotatable bonds is 2. The summed E-state index contributed by atoms with van der Waals surface area (Å²) in [6, 6.07) is 1.96. The van der Waals surface area contributed by atoms with Crippen LogP contribution in [-0.2, 0) is 0 Å². The van der Waals surface area contributed by atoms with Crippen LogP contribution >= 0.6 is 0 Å². The molecule has 0 amide bonds. The SMILES string of the molecule is CC(N)C1CCCCN1C1CC1. The molecule has 0 aromatic carbocycles. The van der Waals surface area contributed by atoms with Gasteiger partial charge in [0.25, 0.3) is 0 Å². The Kier molecular flexibility index (Phi) is 2.37. The lowest BCUT2D eigenvalue weighted by molar-refractivity contribution is 0.122. The minimum absolute atomic E-state index is 0.367. The van der Waals surface area contributed by atoms with E-state index in [1.165, 1.54) is 38.6 Å². The zero-order chi connectivity index (χ0) is 8.55. The second-order valence-electron chi connectivity index (χ2n) is 4.39. The van der Waals surface area contributed by atoms with E-state index < -0.39 is 0 Å². The zero-order valence-electron chi connectivity index (χ0n) is 8.00. The highest BCUT2D eigenvalue weighted by atomic mass is 15.2. The average Bonchev–Trinajstić information content (AvgIpc) is 2.87. The number of hydrogen-bond donors (Lipinski definition) is 1. The predicted molar refractivity (Wildman–Crippen MR) is 51.0 cm³/mol. The molecule has 2 rings (SSSR count). The minimum atomic E-state index is 0.367. The normalized spacial score (nSPS) is 35.0. The van der Waals surface area contributed by atoms with Crippen LogP contribution in [0.15, 0.2) is 0 Å². The lowest BCUT2D eigenvalue weighted by atomic mass is 9.97. The van der Waals surface area contributed by atoms with Crippen LogP contribution in [0.2, 0.25) is 0 Å². The lowest BCUT2D eigenvalue weighted by Crippen LogP contribution is -2.50. The van der Waals surface area contributed by atoms with E-state index in [9.17, 15) is 0 Å². The monoisotopic (exact) mass is 168 g/mol. The lowest BCUT2D eigenvalue weighted by Gasteiger charge is -2.38. The molecule has 1 saturated carbocycles. The van der Waals surface area contributed by atoms with Crippen LogP contribution in [-0.4, -0.2) is 29.6 Å². The van der Waals surface area contributed by atoms with Crippen LogP contribution in [0.3, 0.4) is 0 Å². The van der Waals surface area contributed by atoms with Crippen LogP contribution < -0.4 is 5.73 Å². The Bertz CT molecular complexity index is 142. The Morgan fingerprint density at radius 2 is 2.00 bits per heavy atom. The smallest absolute Gasteiger partial charge is 0.0247 e.